The highest BCUT2D eigenvalue weighted by molar-refractivity contribution is 6.09. The first-order chi connectivity index (χ1) is 15.7. The van der Waals surface area contributed by atoms with Gasteiger partial charge in [-0.2, -0.15) is 5.26 Å². The number of nitrogens with one attached hydrogen (secondary N) is 2. The molecule has 0 bridgehead atoms. The van der Waals surface area contributed by atoms with Gasteiger partial charge >= 0.3 is 0 Å². The van der Waals surface area contributed by atoms with Gasteiger partial charge in [0.05, 0.1) is 22.7 Å². The van der Waals surface area contributed by atoms with Crippen molar-refractivity contribution in [3.8, 4) is 28.6 Å². The fraction of sp³-hybridized carbons (Fsp3) is 0. The first-order valence-corrected chi connectivity index (χ1v) is 10.2. The first kappa shape index (κ1) is 19.3. The highest BCUT2D eigenvalue weighted by Crippen LogP contribution is 2.28. The zero-order chi connectivity index (χ0) is 21.9. The topological polar surface area (TPSA) is 81.6 Å². The predicted molar refractivity (Wildman–Crippen MR) is 126 cm³/mol. The summed E-state index contributed by atoms with van der Waals surface area (Å²) in [7, 11) is 0. The molecule has 1 heterocycles. The Morgan fingerprint density at radius 1 is 0.812 bits per heavy atom. The van der Waals surface area contributed by atoms with Crippen molar-refractivity contribution in [2.45, 2.75) is 0 Å². The molecule has 5 heteroatoms. The van der Waals surface area contributed by atoms with E-state index in [0.29, 0.717) is 16.8 Å². The molecule has 0 radical (unpaired) electrons. The number of aromatic amines is 1. The zero-order valence-electron chi connectivity index (χ0n) is 17.0. The molecular weight excluding hydrogens is 396 g/mol. The molecule has 5 rings (SSSR count). The van der Waals surface area contributed by atoms with Gasteiger partial charge in [0.1, 0.15) is 5.82 Å². The SMILES string of the molecule is N#Cc1ccccc1-c1ccccc1C(=O)Nc1ccc(-c2nc3ccccc3[nH]2)cc1. The molecule has 5 aromatic rings. The minimum atomic E-state index is -0.232. The molecule has 0 aliphatic rings. The number of nitrogens with zero attached hydrogens (tertiary/aromatic N) is 2. The van der Waals surface area contributed by atoms with Crippen LogP contribution in [-0.2, 0) is 0 Å². The number of rotatable bonds is 4. The van der Waals surface area contributed by atoms with Crippen LogP contribution < -0.4 is 5.32 Å². The van der Waals surface area contributed by atoms with Crippen LogP contribution in [0, 0.1) is 11.3 Å². The minimum absolute atomic E-state index is 0.232. The molecule has 0 atom stereocenters. The quantitative estimate of drug-likeness (QED) is 0.377. The van der Waals surface area contributed by atoms with Crippen LogP contribution >= 0.6 is 0 Å². The number of benzene rings is 4. The molecule has 0 fully saturated rings. The summed E-state index contributed by atoms with van der Waals surface area (Å²) < 4.78 is 0. The molecule has 1 amide bonds. The monoisotopic (exact) mass is 414 g/mol. The normalized spacial score (nSPS) is 10.6. The van der Waals surface area contributed by atoms with Crippen LogP contribution in [0.15, 0.2) is 97.1 Å². The van der Waals surface area contributed by atoms with Gasteiger partial charge in [0.2, 0.25) is 0 Å². The molecule has 32 heavy (non-hydrogen) atoms. The third-order valence-electron chi connectivity index (χ3n) is 5.31. The average Bonchev–Trinajstić information content (AvgIpc) is 3.29. The summed E-state index contributed by atoms with van der Waals surface area (Å²) in [6.45, 7) is 0. The summed E-state index contributed by atoms with van der Waals surface area (Å²) in [6, 6.07) is 32.2. The van der Waals surface area contributed by atoms with Crippen LogP contribution in [0.1, 0.15) is 15.9 Å². The van der Waals surface area contributed by atoms with Crippen molar-refractivity contribution in [3.05, 3.63) is 108 Å². The third kappa shape index (κ3) is 3.62. The molecule has 0 spiro atoms. The Balaban J connectivity index is 1.41. The van der Waals surface area contributed by atoms with E-state index in [2.05, 4.69) is 21.4 Å². The summed E-state index contributed by atoms with van der Waals surface area (Å²) in [5.41, 5.74) is 6.01. The maximum atomic E-state index is 13.1. The highest BCUT2D eigenvalue weighted by atomic mass is 16.1. The lowest BCUT2D eigenvalue weighted by atomic mass is 9.95. The minimum Gasteiger partial charge on any atom is -0.338 e. The van der Waals surface area contributed by atoms with Gasteiger partial charge in [-0.1, -0.05) is 48.5 Å². The van der Waals surface area contributed by atoms with Gasteiger partial charge in [-0.15, -0.1) is 0 Å². The standard InChI is InChI=1S/C27H18N4O/c28-17-19-7-1-2-8-21(19)22-9-3-4-10-23(22)27(32)29-20-15-13-18(14-16-20)26-30-24-11-5-6-12-25(24)31-26/h1-16H,(H,29,32)(H,30,31). The number of anilines is 1. The lowest BCUT2D eigenvalue weighted by Gasteiger charge is -2.12. The molecule has 4 aromatic carbocycles. The number of carbonyl (C=O) groups excluding carboxylic acids is 1. The van der Waals surface area contributed by atoms with Gasteiger partial charge in [-0.25, -0.2) is 4.98 Å². The van der Waals surface area contributed by atoms with Gasteiger partial charge < -0.3 is 10.3 Å². The van der Waals surface area contributed by atoms with Crippen molar-refractivity contribution in [2.75, 3.05) is 5.32 Å². The summed E-state index contributed by atoms with van der Waals surface area (Å²) in [6.07, 6.45) is 0. The number of aromatic nitrogens is 2. The number of imidazole rings is 1. The van der Waals surface area contributed by atoms with E-state index in [1.54, 1.807) is 12.1 Å². The number of fused-ring (bicyclic) bond motifs is 1. The molecule has 1 aromatic heterocycles. The smallest absolute Gasteiger partial charge is 0.256 e. The van der Waals surface area contributed by atoms with E-state index in [0.717, 1.165) is 33.5 Å². The van der Waals surface area contributed by atoms with E-state index in [1.165, 1.54) is 0 Å². The Hall–Kier alpha value is -4.69. The van der Waals surface area contributed by atoms with Crippen LogP contribution in [0.4, 0.5) is 5.69 Å². The summed E-state index contributed by atoms with van der Waals surface area (Å²) in [4.78, 5) is 21.0. The highest BCUT2D eigenvalue weighted by Gasteiger charge is 2.15. The molecule has 0 aliphatic carbocycles. The molecule has 0 saturated heterocycles. The Kier molecular flexibility index (Phi) is 4.95. The summed E-state index contributed by atoms with van der Waals surface area (Å²) in [5, 5.41) is 12.4. The van der Waals surface area contributed by atoms with Crippen molar-refractivity contribution < 1.29 is 4.79 Å². The zero-order valence-corrected chi connectivity index (χ0v) is 17.0. The van der Waals surface area contributed by atoms with Crippen molar-refractivity contribution >= 4 is 22.6 Å². The van der Waals surface area contributed by atoms with Crippen molar-refractivity contribution in [1.29, 1.82) is 5.26 Å². The fourth-order valence-corrected chi connectivity index (χ4v) is 3.73. The average molecular weight is 414 g/mol. The lowest BCUT2D eigenvalue weighted by molar-refractivity contribution is 0.102. The van der Waals surface area contributed by atoms with Gasteiger partial charge in [0.25, 0.3) is 5.91 Å². The predicted octanol–water partition coefficient (Wildman–Crippen LogP) is 6.02. The van der Waals surface area contributed by atoms with E-state index in [9.17, 15) is 10.1 Å². The first-order valence-electron chi connectivity index (χ1n) is 10.2. The second-order valence-corrected chi connectivity index (χ2v) is 7.34. The van der Waals surface area contributed by atoms with Gasteiger partial charge in [0, 0.05) is 22.4 Å². The number of hydrogen-bond donors (Lipinski definition) is 2. The van der Waals surface area contributed by atoms with Crippen molar-refractivity contribution in [2.24, 2.45) is 0 Å². The summed E-state index contributed by atoms with van der Waals surface area (Å²) in [5.74, 6) is 0.548. The van der Waals surface area contributed by atoms with Crippen LogP contribution in [0.5, 0.6) is 0 Å². The Bertz CT molecular complexity index is 1440. The van der Waals surface area contributed by atoms with Gasteiger partial charge in [-0.3, -0.25) is 4.79 Å². The molecule has 0 unspecified atom stereocenters. The number of para-hydroxylation sites is 2. The van der Waals surface area contributed by atoms with Crippen LogP contribution in [0.3, 0.4) is 0 Å². The van der Waals surface area contributed by atoms with E-state index in [4.69, 9.17) is 0 Å². The van der Waals surface area contributed by atoms with Crippen LogP contribution in [-0.4, -0.2) is 15.9 Å². The largest absolute Gasteiger partial charge is 0.338 e. The number of hydrogen-bond acceptors (Lipinski definition) is 3. The number of amides is 1. The Labute approximate surface area is 185 Å². The lowest BCUT2D eigenvalue weighted by Crippen LogP contribution is -2.13. The summed E-state index contributed by atoms with van der Waals surface area (Å²) >= 11 is 0. The molecule has 2 N–H and O–H groups in total. The maximum absolute atomic E-state index is 13.1. The molecule has 152 valence electrons. The molecular formula is C27H18N4O. The number of carbonyl (C=O) groups is 1. The second kappa shape index (κ2) is 8.21. The Morgan fingerprint density at radius 2 is 1.50 bits per heavy atom. The van der Waals surface area contributed by atoms with E-state index in [1.807, 2.05) is 84.9 Å². The van der Waals surface area contributed by atoms with Crippen molar-refractivity contribution in [1.82, 2.24) is 9.97 Å². The number of nitriles is 1. The maximum Gasteiger partial charge on any atom is 0.256 e. The van der Waals surface area contributed by atoms with Crippen molar-refractivity contribution in [3.63, 3.8) is 0 Å². The fourth-order valence-electron chi connectivity index (χ4n) is 3.73. The third-order valence-corrected chi connectivity index (χ3v) is 5.31. The molecule has 0 saturated carbocycles. The Morgan fingerprint density at radius 3 is 2.28 bits per heavy atom. The number of H-pyrrole nitrogens is 1. The van der Waals surface area contributed by atoms with E-state index < -0.39 is 0 Å². The van der Waals surface area contributed by atoms with Gasteiger partial charge in [0.15, 0.2) is 0 Å². The van der Waals surface area contributed by atoms with Gasteiger partial charge in [-0.05, 0) is 54.1 Å². The van der Waals surface area contributed by atoms with E-state index >= 15 is 0 Å². The molecule has 5 nitrogen and oxygen atoms in total. The van der Waals surface area contributed by atoms with Crippen LogP contribution in [0.25, 0.3) is 33.5 Å². The molecule has 0 aliphatic heterocycles. The second-order valence-electron chi connectivity index (χ2n) is 7.34. The van der Waals surface area contributed by atoms with E-state index in [-0.39, 0.29) is 5.91 Å². The van der Waals surface area contributed by atoms with Crippen LogP contribution in [0.2, 0.25) is 0 Å².